The summed E-state index contributed by atoms with van der Waals surface area (Å²) in [7, 11) is 0. The van der Waals surface area contributed by atoms with E-state index in [2.05, 4.69) is 19.1 Å². The fourth-order valence-corrected chi connectivity index (χ4v) is 3.10. The summed E-state index contributed by atoms with van der Waals surface area (Å²) in [4.78, 5) is 10.5. The summed E-state index contributed by atoms with van der Waals surface area (Å²) in [5.74, 6) is 2.32. The molecule has 2 fully saturated rings. The Bertz CT molecular complexity index is 298. The Morgan fingerprint density at radius 3 is 2.71 bits per heavy atom. The Kier molecular flexibility index (Phi) is 2.58. The normalized spacial score (nSPS) is 39.4. The van der Waals surface area contributed by atoms with Crippen molar-refractivity contribution < 1.29 is 4.79 Å². The van der Waals surface area contributed by atoms with Crippen LogP contribution in [0.25, 0.3) is 0 Å². The van der Waals surface area contributed by atoms with Crippen LogP contribution in [-0.2, 0) is 4.79 Å². The van der Waals surface area contributed by atoms with E-state index in [1.807, 2.05) is 6.92 Å². The molecule has 0 radical (unpaired) electrons. The van der Waals surface area contributed by atoms with Gasteiger partial charge in [-0.05, 0) is 56.4 Å². The highest BCUT2D eigenvalue weighted by Crippen LogP contribution is 2.52. The largest absolute Gasteiger partial charge is 0.298 e. The van der Waals surface area contributed by atoms with Gasteiger partial charge in [-0.1, -0.05) is 17.7 Å². The van der Waals surface area contributed by atoms with Crippen LogP contribution in [0.2, 0.25) is 0 Å². The number of carbonyl (C=O) groups is 1. The minimum atomic E-state index is 0.675. The van der Waals surface area contributed by atoms with E-state index >= 15 is 0 Å². The van der Waals surface area contributed by atoms with Crippen LogP contribution in [-0.4, -0.2) is 6.29 Å². The van der Waals surface area contributed by atoms with Crippen LogP contribution >= 0.6 is 0 Å². The van der Waals surface area contributed by atoms with Gasteiger partial charge < -0.3 is 0 Å². The van der Waals surface area contributed by atoms with Crippen LogP contribution in [0.4, 0.5) is 0 Å². The lowest BCUT2D eigenvalue weighted by molar-refractivity contribution is -0.104. The van der Waals surface area contributed by atoms with E-state index in [0.29, 0.717) is 5.92 Å². The molecular weight excluding hydrogens is 172 g/mol. The fourth-order valence-electron chi connectivity index (χ4n) is 3.10. The quantitative estimate of drug-likeness (QED) is 0.371. The Labute approximate surface area is 85.9 Å². The Morgan fingerprint density at radius 1 is 1.43 bits per heavy atom. The second-order valence-electron chi connectivity index (χ2n) is 4.69. The molecule has 0 N–H and O–H groups in total. The number of aldehydes is 1. The zero-order valence-corrected chi connectivity index (χ0v) is 8.99. The van der Waals surface area contributed by atoms with Crippen LogP contribution in [0.3, 0.4) is 0 Å². The highest BCUT2D eigenvalue weighted by atomic mass is 16.1. The molecule has 3 unspecified atom stereocenters. The minimum absolute atomic E-state index is 0.675. The second-order valence-corrected chi connectivity index (χ2v) is 4.69. The van der Waals surface area contributed by atoms with Crippen molar-refractivity contribution in [2.75, 3.05) is 0 Å². The molecule has 0 amide bonds. The van der Waals surface area contributed by atoms with Gasteiger partial charge in [0.2, 0.25) is 0 Å². The maximum absolute atomic E-state index is 10.5. The topological polar surface area (TPSA) is 17.1 Å². The summed E-state index contributed by atoms with van der Waals surface area (Å²) in [6.45, 7) is 4.06. The van der Waals surface area contributed by atoms with E-state index in [0.717, 1.165) is 23.7 Å². The number of allylic oxidation sites excluding steroid dienone is 4. The van der Waals surface area contributed by atoms with Crippen molar-refractivity contribution in [1.82, 2.24) is 0 Å². The Morgan fingerprint density at radius 2 is 2.21 bits per heavy atom. The fraction of sp³-hybridized carbons (Fsp3) is 0.615. The van der Waals surface area contributed by atoms with Gasteiger partial charge in [0.1, 0.15) is 6.29 Å². The first kappa shape index (κ1) is 9.70. The molecule has 1 heteroatoms. The number of hydrogen-bond acceptors (Lipinski definition) is 1. The first-order chi connectivity index (χ1) is 6.74. The molecule has 2 bridgehead atoms. The van der Waals surface area contributed by atoms with Gasteiger partial charge in [-0.15, -0.1) is 0 Å². The lowest BCUT2D eigenvalue weighted by Crippen LogP contribution is -2.10. The molecule has 0 aromatic heterocycles. The third-order valence-corrected chi connectivity index (χ3v) is 3.81. The summed E-state index contributed by atoms with van der Waals surface area (Å²) in [5.41, 5.74) is 2.56. The van der Waals surface area contributed by atoms with Crippen molar-refractivity contribution in [3.8, 4) is 0 Å². The molecule has 2 aliphatic carbocycles. The molecule has 0 heterocycles. The molecule has 0 saturated heterocycles. The molecular formula is C13H18O. The summed E-state index contributed by atoms with van der Waals surface area (Å²) < 4.78 is 0. The average molecular weight is 190 g/mol. The SMILES string of the molecule is C/C=C1\CC2CC1CC2/C=C(\C)C=O. The highest BCUT2D eigenvalue weighted by Gasteiger charge is 2.40. The first-order valence-electron chi connectivity index (χ1n) is 5.53. The Balaban J connectivity index is 2.07. The van der Waals surface area contributed by atoms with E-state index in [1.165, 1.54) is 19.3 Å². The molecule has 2 aliphatic rings. The number of fused-ring (bicyclic) bond motifs is 2. The third-order valence-electron chi connectivity index (χ3n) is 3.81. The van der Waals surface area contributed by atoms with Gasteiger partial charge in [0.25, 0.3) is 0 Å². The highest BCUT2D eigenvalue weighted by molar-refractivity contribution is 5.72. The Hall–Kier alpha value is -0.850. The molecule has 0 spiro atoms. The summed E-state index contributed by atoms with van der Waals surface area (Å²) in [5, 5.41) is 0. The van der Waals surface area contributed by atoms with E-state index in [4.69, 9.17) is 0 Å². The molecule has 0 aromatic carbocycles. The lowest BCUT2D eigenvalue weighted by atomic mass is 9.85. The van der Waals surface area contributed by atoms with Crippen molar-refractivity contribution in [2.24, 2.45) is 17.8 Å². The van der Waals surface area contributed by atoms with E-state index in [1.54, 1.807) is 5.57 Å². The summed E-state index contributed by atoms with van der Waals surface area (Å²) >= 11 is 0. The van der Waals surface area contributed by atoms with Gasteiger partial charge in [0.15, 0.2) is 0 Å². The van der Waals surface area contributed by atoms with Crippen molar-refractivity contribution in [2.45, 2.75) is 33.1 Å². The van der Waals surface area contributed by atoms with Crippen LogP contribution in [0.5, 0.6) is 0 Å². The predicted octanol–water partition coefficient (Wildman–Crippen LogP) is 3.12. The lowest BCUT2D eigenvalue weighted by Gasteiger charge is -2.20. The molecule has 1 nitrogen and oxygen atoms in total. The van der Waals surface area contributed by atoms with Gasteiger partial charge in [-0.2, -0.15) is 0 Å². The third kappa shape index (κ3) is 1.56. The molecule has 2 saturated carbocycles. The van der Waals surface area contributed by atoms with Crippen LogP contribution in [0.1, 0.15) is 33.1 Å². The van der Waals surface area contributed by atoms with Gasteiger partial charge >= 0.3 is 0 Å². The van der Waals surface area contributed by atoms with Crippen molar-refractivity contribution >= 4 is 6.29 Å². The standard InChI is InChI=1S/C13H18O/c1-3-10-5-13-7-12(10)6-11(13)4-9(2)8-14/h3-4,8,11-13H,5-7H2,1-2H3/b9-4+,10-3+. The molecule has 2 rings (SSSR count). The molecule has 0 aliphatic heterocycles. The van der Waals surface area contributed by atoms with Gasteiger partial charge in [-0.3, -0.25) is 4.79 Å². The summed E-state index contributed by atoms with van der Waals surface area (Å²) in [6.07, 6.45) is 9.35. The molecule has 0 aromatic rings. The van der Waals surface area contributed by atoms with Crippen LogP contribution < -0.4 is 0 Å². The van der Waals surface area contributed by atoms with Gasteiger partial charge in [-0.25, -0.2) is 0 Å². The van der Waals surface area contributed by atoms with Gasteiger partial charge in [0, 0.05) is 0 Å². The maximum atomic E-state index is 10.5. The molecule has 76 valence electrons. The van der Waals surface area contributed by atoms with Crippen LogP contribution in [0, 0.1) is 17.8 Å². The maximum Gasteiger partial charge on any atom is 0.145 e. The zero-order chi connectivity index (χ0) is 10.1. The van der Waals surface area contributed by atoms with Crippen LogP contribution in [0.15, 0.2) is 23.3 Å². The summed E-state index contributed by atoms with van der Waals surface area (Å²) in [6, 6.07) is 0. The van der Waals surface area contributed by atoms with Gasteiger partial charge in [0.05, 0.1) is 0 Å². The minimum Gasteiger partial charge on any atom is -0.298 e. The predicted molar refractivity (Wildman–Crippen MR) is 57.9 cm³/mol. The second kappa shape index (κ2) is 3.72. The molecule has 14 heavy (non-hydrogen) atoms. The average Bonchev–Trinajstić information content (AvgIpc) is 2.75. The van der Waals surface area contributed by atoms with Crippen molar-refractivity contribution in [1.29, 1.82) is 0 Å². The molecule has 3 atom stereocenters. The monoisotopic (exact) mass is 190 g/mol. The van der Waals surface area contributed by atoms with E-state index in [-0.39, 0.29) is 0 Å². The first-order valence-corrected chi connectivity index (χ1v) is 5.53. The number of rotatable bonds is 2. The smallest absolute Gasteiger partial charge is 0.145 e. The van der Waals surface area contributed by atoms with E-state index < -0.39 is 0 Å². The van der Waals surface area contributed by atoms with Crippen molar-refractivity contribution in [3.05, 3.63) is 23.3 Å². The number of carbonyl (C=O) groups excluding carboxylic acids is 1. The van der Waals surface area contributed by atoms with E-state index in [9.17, 15) is 4.79 Å². The van der Waals surface area contributed by atoms with Crippen molar-refractivity contribution in [3.63, 3.8) is 0 Å². The zero-order valence-electron chi connectivity index (χ0n) is 8.99. The number of hydrogen-bond donors (Lipinski definition) is 0.